The van der Waals surface area contributed by atoms with Gasteiger partial charge in [-0.05, 0) is 12.1 Å². The van der Waals surface area contributed by atoms with Gasteiger partial charge >= 0.3 is 0 Å². The Morgan fingerprint density at radius 1 is 1.33 bits per heavy atom. The molecule has 0 fully saturated rings. The zero-order chi connectivity index (χ0) is 7.97. The van der Waals surface area contributed by atoms with Crippen LogP contribution in [0.3, 0.4) is 0 Å². The molecule has 0 saturated heterocycles. The van der Waals surface area contributed by atoms with Crippen molar-refractivity contribution in [1.82, 2.24) is 9.55 Å². The van der Waals surface area contributed by atoms with Gasteiger partial charge in [-0.2, -0.15) is 0 Å². The normalized spacial score (nSPS) is 13.3. The minimum absolute atomic E-state index is 1.03. The molecule has 2 heterocycles. The number of hydrogen-bond donors (Lipinski definition) is 1. The quantitative estimate of drug-likeness (QED) is 0.632. The number of anilines is 1. The summed E-state index contributed by atoms with van der Waals surface area (Å²) in [6.07, 6.45) is 5.69. The molecule has 1 aromatic heterocycles. The molecule has 58 valence electrons. The first-order chi connectivity index (χ1) is 5.95. The van der Waals surface area contributed by atoms with Crippen LogP contribution in [0.15, 0.2) is 30.7 Å². The Hall–Kier alpha value is -1.77. The number of para-hydroxylation sites is 1. The van der Waals surface area contributed by atoms with Crippen molar-refractivity contribution in [2.75, 3.05) is 5.32 Å². The molecule has 12 heavy (non-hydrogen) atoms. The van der Waals surface area contributed by atoms with E-state index >= 15 is 0 Å². The van der Waals surface area contributed by atoms with Crippen LogP contribution in [0.2, 0.25) is 0 Å². The summed E-state index contributed by atoms with van der Waals surface area (Å²) in [4.78, 5) is 4.26. The van der Waals surface area contributed by atoms with E-state index < -0.39 is 0 Å². The lowest BCUT2D eigenvalue weighted by atomic mass is 10.2. The van der Waals surface area contributed by atoms with Gasteiger partial charge in [0.25, 0.3) is 0 Å². The number of hydrogen-bond acceptors (Lipinski definition) is 2. The summed E-state index contributed by atoms with van der Waals surface area (Å²) in [7, 11) is 0. The van der Waals surface area contributed by atoms with E-state index in [9.17, 15) is 0 Å². The van der Waals surface area contributed by atoms with Crippen molar-refractivity contribution in [2.45, 2.75) is 0 Å². The van der Waals surface area contributed by atoms with Crippen molar-refractivity contribution in [3.63, 3.8) is 0 Å². The summed E-state index contributed by atoms with van der Waals surface area (Å²) in [5.74, 6) is 0. The number of nitrogens with zero attached hydrogens (tertiary/aromatic N) is 2. The van der Waals surface area contributed by atoms with Gasteiger partial charge in [0.1, 0.15) is 6.33 Å². The molecule has 2 aromatic rings. The number of aromatic nitrogens is 2. The highest BCUT2D eigenvalue weighted by Crippen LogP contribution is 2.25. The van der Waals surface area contributed by atoms with Crippen molar-refractivity contribution < 1.29 is 0 Å². The maximum Gasteiger partial charge on any atom is 0.100 e. The van der Waals surface area contributed by atoms with Crippen LogP contribution >= 0.6 is 0 Å². The maximum atomic E-state index is 4.26. The molecule has 0 radical (unpaired) electrons. The fourth-order valence-corrected chi connectivity index (χ4v) is 1.53. The second-order valence-corrected chi connectivity index (χ2v) is 2.79. The Morgan fingerprint density at radius 3 is 3.33 bits per heavy atom. The summed E-state index contributed by atoms with van der Waals surface area (Å²) >= 11 is 0. The van der Waals surface area contributed by atoms with Crippen LogP contribution in [-0.4, -0.2) is 9.55 Å². The van der Waals surface area contributed by atoms with E-state index in [-0.39, 0.29) is 0 Å². The molecule has 0 spiro atoms. The Bertz CT molecular complexity index is 468. The zero-order valence-electron chi connectivity index (χ0n) is 6.36. The highest BCUT2D eigenvalue weighted by atomic mass is 15.1. The maximum absolute atomic E-state index is 4.26. The van der Waals surface area contributed by atoms with E-state index in [4.69, 9.17) is 0 Å². The van der Waals surface area contributed by atoms with Gasteiger partial charge in [0.2, 0.25) is 0 Å². The van der Waals surface area contributed by atoms with Gasteiger partial charge in [0.05, 0.1) is 16.7 Å². The SMILES string of the molecule is C1=Cn2cnc3cccc(c32)N1. The van der Waals surface area contributed by atoms with E-state index in [1.165, 1.54) is 0 Å². The molecule has 0 saturated carbocycles. The average molecular weight is 157 g/mol. The summed E-state index contributed by atoms with van der Waals surface area (Å²) in [6, 6.07) is 6.06. The fourth-order valence-electron chi connectivity index (χ4n) is 1.53. The molecule has 0 atom stereocenters. The Morgan fingerprint density at radius 2 is 2.33 bits per heavy atom. The minimum Gasteiger partial charge on any atom is -0.359 e. The van der Waals surface area contributed by atoms with Crippen LogP contribution in [0.1, 0.15) is 0 Å². The van der Waals surface area contributed by atoms with E-state index in [1.807, 2.05) is 41.5 Å². The molecule has 0 aliphatic carbocycles. The van der Waals surface area contributed by atoms with Crippen LogP contribution in [0.25, 0.3) is 17.2 Å². The highest BCUT2D eigenvalue weighted by Gasteiger charge is 2.07. The highest BCUT2D eigenvalue weighted by molar-refractivity contribution is 5.92. The van der Waals surface area contributed by atoms with Gasteiger partial charge in [-0.15, -0.1) is 0 Å². The lowest BCUT2D eigenvalue weighted by molar-refractivity contribution is 1.16. The van der Waals surface area contributed by atoms with E-state index in [0.29, 0.717) is 0 Å². The first-order valence-corrected chi connectivity index (χ1v) is 3.84. The molecule has 1 N–H and O–H groups in total. The van der Waals surface area contributed by atoms with Gasteiger partial charge in [0, 0.05) is 12.4 Å². The lowest BCUT2D eigenvalue weighted by Crippen LogP contribution is -1.98. The van der Waals surface area contributed by atoms with Crippen LogP contribution in [0.5, 0.6) is 0 Å². The Labute approximate surface area is 69.3 Å². The standard InChI is InChI=1S/C9H7N3/c1-2-7-9-8(3-1)11-6-12(9)5-4-10-7/h1-6,10H. The van der Waals surface area contributed by atoms with E-state index in [1.54, 1.807) is 0 Å². The molecule has 0 bridgehead atoms. The molecule has 1 aliphatic heterocycles. The van der Waals surface area contributed by atoms with Crippen molar-refractivity contribution in [1.29, 1.82) is 0 Å². The van der Waals surface area contributed by atoms with Crippen LogP contribution in [0.4, 0.5) is 5.69 Å². The second-order valence-electron chi connectivity index (χ2n) is 2.79. The molecule has 0 unspecified atom stereocenters. The smallest absolute Gasteiger partial charge is 0.100 e. The molecular weight excluding hydrogens is 150 g/mol. The third-order valence-electron chi connectivity index (χ3n) is 2.07. The Kier molecular flexibility index (Phi) is 0.913. The van der Waals surface area contributed by atoms with Gasteiger partial charge < -0.3 is 9.88 Å². The number of rotatable bonds is 0. The largest absolute Gasteiger partial charge is 0.359 e. The molecule has 1 aliphatic rings. The van der Waals surface area contributed by atoms with E-state index in [0.717, 1.165) is 16.7 Å². The van der Waals surface area contributed by atoms with Gasteiger partial charge in [-0.1, -0.05) is 6.07 Å². The predicted molar refractivity (Wildman–Crippen MR) is 48.7 cm³/mol. The third-order valence-corrected chi connectivity index (χ3v) is 2.07. The van der Waals surface area contributed by atoms with Crippen molar-refractivity contribution >= 4 is 22.9 Å². The van der Waals surface area contributed by atoms with Crippen molar-refractivity contribution in [3.8, 4) is 0 Å². The van der Waals surface area contributed by atoms with Crippen molar-refractivity contribution in [3.05, 3.63) is 30.7 Å². The summed E-state index contributed by atoms with van der Waals surface area (Å²) in [6.45, 7) is 0. The second kappa shape index (κ2) is 1.88. The van der Waals surface area contributed by atoms with Crippen LogP contribution in [0, 0.1) is 0 Å². The molecule has 3 rings (SSSR count). The first-order valence-electron chi connectivity index (χ1n) is 3.84. The number of nitrogens with one attached hydrogen (secondary N) is 1. The van der Waals surface area contributed by atoms with E-state index in [2.05, 4.69) is 10.3 Å². The topological polar surface area (TPSA) is 29.9 Å². The van der Waals surface area contributed by atoms with Crippen LogP contribution in [-0.2, 0) is 0 Å². The van der Waals surface area contributed by atoms with Gasteiger partial charge in [-0.25, -0.2) is 4.98 Å². The molecule has 0 amide bonds. The van der Waals surface area contributed by atoms with Crippen molar-refractivity contribution in [2.24, 2.45) is 0 Å². The first kappa shape index (κ1) is 5.83. The molecule has 3 heteroatoms. The van der Waals surface area contributed by atoms with Gasteiger partial charge in [-0.3, -0.25) is 0 Å². The summed E-state index contributed by atoms with van der Waals surface area (Å²) < 4.78 is 2.02. The number of benzene rings is 1. The third kappa shape index (κ3) is 0.580. The molecule has 1 aromatic carbocycles. The molecule has 3 nitrogen and oxygen atoms in total. The number of imidazole rings is 1. The zero-order valence-corrected chi connectivity index (χ0v) is 6.36. The molecular formula is C9H7N3. The minimum atomic E-state index is 1.03. The Balaban J connectivity index is 2.57. The summed E-state index contributed by atoms with van der Waals surface area (Å²) in [5.41, 5.74) is 3.30. The predicted octanol–water partition coefficient (Wildman–Crippen LogP) is 1.89. The van der Waals surface area contributed by atoms with Crippen LogP contribution < -0.4 is 5.32 Å². The average Bonchev–Trinajstić information content (AvgIpc) is 2.52. The van der Waals surface area contributed by atoms with Gasteiger partial charge in [0.15, 0.2) is 0 Å². The lowest BCUT2D eigenvalue weighted by Gasteiger charge is -2.09. The summed E-state index contributed by atoms with van der Waals surface area (Å²) in [5, 5.41) is 3.17. The fraction of sp³-hybridized carbons (Fsp3) is 0. The monoisotopic (exact) mass is 157 g/mol.